The molecule has 0 saturated carbocycles. The minimum absolute atomic E-state index is 0.261. The van der Waals surface area contributed by atoms with Crippen molar-refractivity contribution in [3.05, 3.63) is 95.2 Å². The number of ketones is 1. The van der Waals surface area contributed by atoms with Gasteiger partial charge in [0.25, 0.3) is 0 Å². The Kier molecular flexibility index (Phi) is 5.71. The van der Waals surface area contributed by atoms with E-state index in [0.717, 1.165) is 16.0 Å². The second kappa shape index (κ2) is 9.13. The molecule has 0 aromatic heterocycles. The molecule has 2 N–H and O–H groups in total. The minimum Gasteiger partial charge on any atom is -0.493 e. The van der Waals surface area contributed by atoms with Crippen molar-refractivity contribution < 1.29 is 28.7 Å². The van der Waals surface area contributed by atoms with Crippen molar-refractivity contribution in [3.8, 4) is 11.5 Å². The Balaban J connectivity index is 1.46. The van der Waals surface area contributed by atoms with Gasteiger partial charge in [-0.1, -0.05) is 24.3 Å². The number of hydrogen-bond acceptors (Lipinski definition) is 7. The number of anilines is 1. The van der Waals surface area contributed by atoms with Gasteiger partial charge in [0.1, 0.15) is 6.04 Å². The summed E-state index contributed by atoms with van der Waals surface area (Å²) in [6.07, 6.45) is 3.71. The molecule has 6 rings (SSSR count). The molecule has 3 aliphatic heterocycles. The summed E-state index contributed by atoms with van der Waals surface area (Å²) in [5.41, 5.74) is 8.10. The van der Waals surface area contributed by atoms with Gasteiger partial charge in [-0.3, -0.25) is 19.2 Å². The lowest BCUT2D eigenvalue weighted by molar-refractivity contribution is -0.123. The molecule has 39 heavy (non-hydrogen) atoms. The second-order valence-corrected chi connectivity index (χ2v) is 9.69. The number of carbonyl (C=O) groups excluding carboxylic acids is 4. The average molecular weight is 524 g/mol. The standard InChI is InChI=1S/C30H25N3O6/c1-38-21-12-9-18(15-22(21)39-2)27(34)26-24-23(25-20-6-4-3-5-16(20)13-14-32(25)26)29(36)33(30(24)37)19-10-7-17(8-11-19)28(31)35/h3-15,23-26H,1-2H3,(H2,31,35)/t23-,24+,25?,26-/m0/s1. The number of rotatable bonds is 6. The van der Waals surface area contributed by atoms with Crippen LogP contribution in [0.5, 0.6) is 11.5 Å². The van der Waals surface area contributed by atoms with Gasteiger partial charge < -0.3 is 20.1 Å². The Bertz CT molecular complexity index is 1560. The van der Waals surface area contributed by atoms with Gasteiger partial charge in [0.05, 0.1) is 37.8 Å². The van der Waals surface area contributed by atoms with Crippen LogP contribution in [0.15, 0.2) is 72.9 Å². The van der Waals surface area contributed by atoms with Gasteiger partial charge in [-0.25, -0.2) is 4.90 Å². The molecule has 0 spiro atoms. The molecule has 2 saturated heterocycles. The van der Waals surface area contributed by atoms with E-state index in [1.54, 1.807) is 24.4 Å². The fourth-order valence-corrected chi connectivity index (χ4v) is 6.05. The zero-order valence-corrected chi connectivity index (χ0v) is 21.2. The summed E-state index contributed by atoms with van der Waals surface area (Å²) in [4.78, 5) is 56.6. The van der Waals surface area contributed by atoms with Crippen molar-refractivity contribution in [1.29, 1.82) is 0 Å². The molecule has 3 amide bonds. The second-order valence-electron chi connectivity index (χ2n) is 9.69. The van der Waals surface area contributed by atoms with Crippen LogP contribution in [0.1, 0.15) is 37.9 Å². The van der Waals surface area contributed by atoms with E-state index in [4.69, 9.17) is 15.2 Å². The molecule has 1 unspecified atom stereocenters. The molecule has 3 aliphatic rings. The van der Waals surface area contributed by atoms with Crippen molar-refractivity contribution >= 4 is 35.3 Å². The van der Waals surface area contributed by atoms with Crippen molar-refractivity contribution in [2.45, 2.75) is 12.1 Å². The zero-order valence-electron chi connectivity index (χ0n) is 21.2. The fraction of sp³-hybridized carbons (Fsp3) is 0.200. The average Bonchev–Trinajstić information content (AvgIpc) is 3.44. The van der Waals surface area contributed by atoms with Crippen molar-refractivity contribution in [2.24, 2.45) is 17.6 Å². The molecule has 9 nitrogen and oxygen atoms in total. The summed E-state index contributed by atoms with van der Waals surface area (Å²) in [7, 11) is 2.99. The number of fused-ring (bicyclic) bond motifs is 5. The number of nitrogens with two attached hydrogens (primary N) is 1. The van der Waals surface area contributed by atoms with E-state index in [-0.39, 0.29) is 17.3 Å². The first-order chi connectivity index (χ1) is 18.8. The molecule has 9 heteroatoms. The third-order valence-electron chi connectivity index (χ3n) is 7.81. The minimum atomic E-state index is -0.922. The highest BCUT2D eigenvalue weighted by molar-refractivity contribution is 6.24. The fourth-order valence-electron chi connectivity index (χ4n) is 6.05. The van der Waals surface area contributed by atoms with E-state index in [1.165, 1.54) is 38.5 Å². The quantitative estimate of drug-likeness (QED) is 0.389. The molecule has 0 bridgehead atoms. The number of nitrogens with zero attached hydrogens (tertiary/aromatic N) is 2. The van der Waals surface area contributed by atoms with E-state index < -0.39 is 35.7 Å². The van der Waals surface area contributed by atoms with Crippen LogP contribution in [0, 0.1) is 11.8 Å². The van der Waals surface area contributed by atoms with Gasteiger partial charge in [0, 0.05) is 17.3 Å². The van der Waals surface area contributed by atoms with Crippen LogP contribution in [0.2, 0.25) is 0 Å². The summed E-state index contributed by atoms with van der Waals surface area (Å²) in [6.45, 7) is 0. The van der Waals surface area contributed by atoms with Crippen molar-refractivity contribution in [3.63, 3.8) is 0 Å². The number of primary amides is 1. The summed E-state index contributed by atoms with van der Waals surface area (Å²) in [5.74, 6) is -2.61. The smallest absolute Gasteiger partial charge is 0.248 e. The SMILES string of the molecule is COc1ccc(C(=O)[C@@H]2[C@@H]3C(=O)N(c4ccc(C(N)=O)cc4)C(=O)[C@@H]3C3c4ccccc4C=CN32)cc1OC. The highest BCUT2D eigenvalue weighted by atomic mass is 16.5. The Hall–Kier alpha value is -4.92. The largest absolute Gasteiger partial charge is 0.493 e. The zero-order chi connectivity index (χ0) is 27.4. The maximum absolute atomic E-state index is 14.1. The number of ether oxygens (including phenoxy) is 2. The number of Topliss-reactive ketones (excluding diaryl/α,β-unsaturated/α-hetero) is 1. The van der Waals surface area contributed by atoms with Gasteiger partial charge in [0.15, 0.2) is 17.3 Å². The van der Waals surface area contributed by atoms with E-state index in [2.05, 4.69) is 0 Å². The topological polar surface area (TPSA) is 119 Å². The maximum Gasteiger partial charge on any atom is 0.248 e. The number of methoxy groups -OCH3 is 2. The first-order valence-corrected chi connectivity index (χ1v) is 12.4. The summed E-state index contributed by atoms with van der Waals surface area (Å²) >= 11 is 0. The summed E-state index contributed by atoms with van der Waals surface area (Å²) in [6, 6.07) is 17.1. The Morgan fingerprint density at radius 3 is 2.18 bits per heavy atom. The maximum atomic E-state index is 14.1. The van der Waals surface area contributed by atoms with Crippen molar-refractivity contribution in [2.75, 3.05) is 19.1 Å². The number of amides is 3. The van der Waals surface area contributed by atoms with Gasteiger partial charge in [-0.2, -0.15) is 0 Å². The van der Waals surface area contributed by atoms with Crippen LogP contribution in [0.25, 0.3) is 6.08 Å². The summed E-state index contributed by atoms with van der Waals surface area (Å²) < 4.78 is 10.7. The lowest BCUT2D eigenvalue weighted by Crippen LogP contribution is -2.44. The Labute approximate surface area is 224 Å². The number of hydrogen-bond donors (Lipinski definition) is 1. The summed E-state index contributed by atoms with van der Waals surface area (Å²) in [5, 5.41) is 0. The molecule has 3 aromatic rings. The van der Waals surface area contributed by atoms with Crippen molar-refractivity contribution in [1.82, 2.24) is 4.90 Å². The normalized spacial score (nSPS) is 22.8. The number of benzene rings is 3. The van der Waals surface area contributed by atoms with E-state index in [1.807, 2.05) is 35.2 Å². The monoisotopic (exact) mass is 523 g/mol. The highest BCUT2D eigenvalue weighted by Crippen LogP contribution is 2.53. The lowest BCUT2D eigenvalue weighted by atomic mass is 9.83. The van der Waals surface area contributed by atoms with E-state index in [9.17, 15) is 19.2 Å². The lowest BCUT2D eigenvalue weighted by Gasteiger charge is -2.35. The van der Waals surface area contributed by atoms with Crippen LogP contribution in [0.3, 0.4) is 0 Å². The van der Waals surface area contributed by atoms with Crippen LogP contribution >= 0.6 is 0 Å². The van der Waals surface area contributed by atoms with Gasteiger partial charge >= 0.3 is 0 Å². The predicted molar refractivity (Wildman–Crippen MR) is 142 cm³/mol. The first-order valence-electron chi connectivity index (χ1n) is 12.4. The van der Waals surface area contributed by atoms with E-state index in [0.29, 0.717) is 22.7 Å². The third kappa shape index (κ3) is 3.61. The molecule has 2 fully saturated rings. The van der Waals surface area contributed by atoms with Crippen LogP contribution in [-0.4, -0.2) is 48.7 Å². The first kappa shape index (κ1) is 24.4. The molecular weight excluding hydrogens is 498 g/mol. The van der Waals surface area contributed by atoms with Crippen LogP contribution in [0.4, 0.5) is 5.69 Å². The van der Waals surface area contributed by atoms with Crippen LogP contribution < -0.4 is 20.1 Å². The van der Waals surface area contributed by atoms with Crippen LogP contribution in [-0.2, 0) is 9.59 Å². The predicted octanol–water partition coefficient (Wildman–Crippen LogP) is 3.20. The Morgan fingerprint density at radius 1 is 0.821 bits per heavy atom. The molecule has 196 valence electrons. The third-order valence-corrected chi connectivity index (χ3v) is 7.81. The van der Waals surface area contributed by atoms with E-state index >= 15 is 0 Å². The molecule has 0 aliphatic carbocycles. The molecule has 0 radical (unpaired) electrons. The molecular formula is C30H25N3O6. The van der Waals surface area contributed by atoms with Gasteiger partial charge in [-0.15, -0.1) is 0 Å². The molecule has 4 atom stereocenters. The molecule has 3 heterocycles. The highest BCUT2D eigenvalue weighted by Gasteiger charge is 2.64. The van der Waals surface area contributed by atoms with Gasteiger partial charge in [-0.05, 0) is 59.7 Å². The molecule has 3 aromatic carbocycles. The Morgan fingerprint density at radius 2 is 1.49 bits per heavy atom. The number of imide groups is 1. The van der Waals surface area contributed by atoms with Gasteiger partial charge in [0.2, 0.25) is 17.7 Å². The number of carbonyl (C=O) groups is 4.